The SMILES string of the molecule is O=C(NCCNC(=O)C1Sc2ccccc2C1Cl)c1ccc(OC2CCC(C(=O)O)CC2)cc1. The fourth-order valence-corrected chi connectivity index (χ4v) is 5.97. The molecule has 4 rings (SSSR count). The molecule has 1 heterocycles. The molecule has 2 aliphatic rings. The fraction of sp³-hybridized carbons (Fsp3) is 0.400. The van der Waals surface area contributed by atoms with Gasteiger partial charge in [0.05, 0.1) is 17.4 Å². The lowest BCUT2D eigenvalue weighted by Crippen LogP contribution is -2.39. The second-order valence-corrected chi connectivity index (χ2v) is 10.1. The fourth-order valence-electron chi connectivity index (χ4n) is 4.23. The summed E-state index contributed by atoms with van der Waals surface area (Å²) in [5.41, 5.74) is 1.47. The summed E-state index contributed by atoms with van der Waals surface area (Å²) in [6.07, 6.45) is 2.66. The van der Waals surface area contributed by atoms with E-state index in [0.29, 0.717) is 50.1 Å². The molecule has 9 heteroatoms. The Morgan fingerprint density at radius 2 is 1.65 bits per heavy atom. The van der Waals surface area contributed by atoms with Gasteiger partial charge in [0.25, 0.3) is 5.91 Å². The highest BCUT2D eigenvalue weighted by atomic mass is 35.5. The van der Waals surface area contributed by atoms with Crippen molar-refractivity contribution >= 4 is 41.1 Å². The summed E-state index contributed by atoms with van der Waals surface area (Å²) < 4.78 is 5.94. The molecule has 0 bridgehead atoms. The predicted octanol–water partition coefficient (Wildman–Crippen LogP) is 4.01. The van der Waals surface area contributed by atoms with Gasteiger partial charge in [-0.05, 0) is 61.6 Å². The van der Waals surface area contributed by atoms with Crippen LogP contribution in [-0.2, 0) is 9.59 Å². The van der Waals surface area contributed by atoms with Gasteiger partial charge in [-0.2, -0.15) is 0 Å². The molecule has 2 unspecified atom stereocenters. The molecule has 2 aromatic rings. The first-order valence-electron chi connectivity index (χ1n) is 11.4. The molecule has 2 amide bonds. The van der Waals surface area contributed by atoms with Gasteiger partial charge in [0.2, 0.25) is 5.91 Å². The molecule has 0 saturated heterocycles. The van der Waals surface area contributed by atoms with Gasteiger partial charge >= 0.3 is 5.97 Å². The van der Waals surface area contributed by atoms with E-state index in [2.05, 4.69) is 10.6 Å². The quantitative estimate of drug-likeness (QED) is 0.372. The van der Waals surface area contributed by atoms with Crippen LogP contribution in [-0.4, -0.2) is 47.3 Å². The number of hydrogen-bond acceptors (Lipinski definition) is 5. The van der Waals surface area contributed by atoms with Gasteiger partial charge in [-0.3, -0.25) is 14.4 Å². The third kappa shape index (κ3) is 5.85. The molecular formula is C25H27ClN2O5S. The van der Waals surface area contributed by atoms with E-state index in [1.54, 1.807) is 24.3 Å². The minimum Gasteiger partial charge on any atom is -0.490 e. The van der Waals surface area contributed by atoms with E-state index in [0.717, 1.165) is 10.5 Å². The van der Waals surface area contributed by atoms with Crippen LogP contribution < -0.4 is 15.4 Å². The second-order valence-electron chi connectivity index (χ2n) is 8.48. The van der Waals surface area contributed by atoms with Crippen LogP contribution in [0.25, 0.3) is 0 Å². The maximum absolute atomic E-state index is 12.5. The van der Waals surface area contributed by atoms with Crippen molar-refractivity contribution in [1.82, 2.24) is 10.6 Å². The molecule has 1 fully saturated rings. The Balaban J connectivity index is 1.17. The number of amides is 2. The highest BCUT2D eigenvalue weighted by Gasteiger charge is 2.36. The lowest BCUT2D eigenvalue weighted by Gasteiger charge is -2.26. The highest BCUT2D eigenvalue weighted by Crippen LogP contribution is 2.47. The van der Waals surface area contributed by atoms with Crippen LogP contribution in [0.5, 0.6) is 5.75 Å². The number of benzene rings is 2. The number of hydrogen-bond donors (Lipinski definition) is 3. The Hall–Kier alpha value is -2.71. The molecule has 1 aliphatic heterocycles. The molecule has 180 valence electrons. The van der Waals surface area contributed by atoms with Gasteiger partial charge in [0, 0.05) is 23.5 Å². The zero-order chi connectivity index (χ0) is 24.1. The number of carboxylic acid groups (broad SMARTS) is 1. The number of ether oxygens (including phenoxy) is 1. The Bertz CT molecular complexity index is 1040. The van der Waals surface area contributed by atoms with Gasteiger partial charge in [0.1, 0.15) is 11.0 Å². The normalized spacial score (nSPS) is 23.6. The zero-order valence-corrected chi connectivity index (χ0v) is 20.1. The summed E-state index contributed by atoms with van der Waals surface area (Å²) in [4.78, 5) is 37.0. The molecule has 2 atom stereocenters. The summed E-state index contributed by atoms with van der Waals surface area (Å²) in [5.74, 6) is -0.733. The minimum absolute atomic E-state index is 0.00250. The number of thioether (sulfide) groups is 1. The molecule has 34 heavy (non-hydrogen) atoms. The molecule has 0 aromatic heterocycles. The third-order valence-corrected chi connectivity index (χ3v) is 8.15. The molecule has 1 saturated carbocycles. The van der Waals surface area contributed by atoms with E-state index in [4.69, 9.17) is 21.4 Å². The third-order valence-electron chi connectivity index (χ3n) is 6.15. The molecule has 0 spiro atoms. The number of rotatable bonds is 8. The lowest BCUT2D eigenvalue weighted by molar-refractivity contribution is -0.143. The highest BCUT2D eigenvalue weighted by molar-refractivity contribution is 8.01. The van der Waals surface area contributed by atoms with Crippen molar-refractivity contribution in [1.29, 1.82) is 0 Å². The van der Waals surface area contributed by atoms with Crippen molar-refractivity contribution in [2.45, 2.75) is 47.3 Å². The first-order chi connectivity index (χ1) is 16.4. The van der Waals surface area contributed by atoms with Crippen LogP contribution in [0.15, 0.2) is 53.4 Å². The van der Waals surface area contributed by atoms with Crippen LogP contribution in [0.1, 0.15) is 47.0 Å². The molecular weight excluding hydrogens is 476 g/mol. The number of alkyl halides is 1. The van der Waals surface area contributed by atoms with Crippen LogP contribution >= 0.6 is 23.4 Å². The molecule has 7 nitrogen and oxygen atoms in total. The number of nitrogens with one attached hydrogen (secondary N) is 2. The van der Waals surface area contributed by atoms with Crippen molar-refractivity contribution in [3.63, 3.8) is 0 Å². The van der Waals surface area contributed by atoms with Gasteiger partial charge < -0.3 is 20.5 Å². The number of halogens is 1. The predicted molar refractivity (Wildman–Crippen MR) is 130 cm³/mol. The van der Waals surface area contributed by atoms with Crippen LogP contribution in [0.4, 0.5) is 0 Å². The largest absolute Gasteiger partial charge is 0.490 e. The number of fused-ring (bicyclic) bond motifs is 1. The average Bonchev–Trinajstić information content (AvgIpc) is 3.19. The van der Waals surface area contributed by atoms with Crippen molar-refractivity contribution < 1.29 is 24.2 Å². The van der Waals surface area contributed by atoms with Crippen molar-refractivity contribution in [3.8, 4) is 5.75 Å². The average molecular weight is 503 g/mol. The van der Waals surface area contributed by atoms with Gasteiger partial charge in [-0.25, -0.2) is 0 Å². The van der Waals surface area contributed by atoms with E-state index in [1.807, 2.05) is 24.3 Å². The van der Waals surface area contributed by atoms with E-state index < -0.39 is 5.97 Å². The summed E-state index contributed by atoms with van der Waals surface area (Å²) in [7, 11) is 0. The minimum atomic E-state index is -0.736. The summed E-state index contributed by atoms with van der Waals surface area (Å²) >= 11 is 7.91. The smallest absolute Gasteiger partial charge is 0.306 e. The summed E-state index contributed by atoms with van der Waals surface area (Å²) in [6.45, 7) is 0.606. The molecule has 2 aromatic carbocycles. The van der Waals surface area contributed by atoms with E-state index >= 15 is 0 Å². The van der Waals surface area contributed by atoms with Gasteiger partial charge in [-0.15, -0.1) is 23.4 Å². The van der Waals surface area contributed by atoms with Gasteiger partial charge in [0.15, 0.2) is 0 Å². The second kappa shape index (κ2) is 11.1. The van der Waals surface area contributed by atoms with E-state index in [-0.39, 0.29) is 34.5 Å². The van der Waals surface area contributed by atoms with Crippen LogP contribution in [0, 0.1) is 5.92 Å². The molecule has 1 aliphatic carbocycles. The monoisotopic (exact) mass is 502 g/mol. The van der Waals surface area contributed by atoms with Crippen molar-refractivity contribution in [3.05, 3.63) is 59.7 Å². The first-order valence-corrected chi connectivity index (χ1v) is 12.7. The Morgan fingerprint density at radius 1 is 0.971 bits per heavy atom. The zero-order valence-electron chi connectivity index (χ0n) is 18.5. The number of carboxylic acids is 1. The molecule has 0 radical (unpaired) electrons. The summed E-state index contributed by atoms with van der Waals surface area (Å²) in [5, 5.41) is 14.0. The number of carbonyl (C=O) groups is 3. The Morgan fingerprint density at radius 3 is 2.32 bits per heavy atom. The lowest BCUT2D eigenvalue weighted by atomic mass is 9.87. The van der Waals surface area contributed by atoms with Crippen molar-refractivity contribution in [2.24, 2.45) is 5.92 Å². The van der Waals surface area contributed by atoms with Crippen molar-refractivity contribution in [2.75, 3.05) is 13.1 Å². The first kappa shape index (κ1) is 24.4. The maximum atomic E-state index is 12.5. The van der Waals surface area contributed by atoms with E-state index in [1.165, 1.54) is 11.8 Å². The Kier molecular flexibility index (Phi) is 8.00. The standard InChI is InChI=1S/C25H27ClN2O5S/c26-21-19-3-1-2-4-20(19)34-22(21)24(30)28-14-13-27-23(29)15-5-9-17(10-6-15)33-18-11-7-16(8-12-18)25(31)32/h1-6,9-10,16,18,21-22H,7-8,11-14H2,(H,27,29)(H,28,30)(H,31,32). The number of carbonyl (C=O) groups excluding carboxylic acids is 2. The molecule has 3 N–H and O–H groups in total. The van der Waals surface area contributed by atoms with Crippen LogP contribution in [0.3, 0.4) is 0 Å². The van der Waals surface area contributed by atoms with Crippen LogP contribution in [0.2, 0.25) is 0 Å². The summed E-state index contributed by atoms with van der Waals surface area (Å²) in [6, 6.07) is 14.6. The Labute approximate surface area is 207 Å². The van der Waals surface area contributed by atoms with Gasteiger partial charge in [-0.1, -0.05) is 18.2 Å². The topological polar surface area (TPSA) is 105 Å². The number of aliphatic carboxylic acids is 1. The maximum Gasteiger partial charge on any atom is 0.306 e. The van der Waals surface area contributed by atoms with E-state index in [9.17, 15) is 14.4 Å².